The Hall–Kier alpha value is -3.75. The highest BCUT2D eigenvalue weighted by Gasteiger charge is 2.27. The molecule has 1 atom stereocenters. The molecule has 1 unspecified atom stereocenters. The Morgan fingerprint density at radius 2 is 1.43 bits per heavy atom. The molecule has 0 amide bonds. The number of hydrogen-bond donors (Lipinski definition) is 0. The van der Waals surface area contributed by atoms with Gasteiger partial charge in [-0.3, -0.25) is 0 Å². The van der Waals surface area contributed by atoms with E-state index in [1.807, 2.05) is 0 Å². The molecule has 3 aromatic rings. The van der Waals surface area contributed by atoms with E-state index in [-0.39, 0.29) is 48.3 Å². The average molecular weight is 520 g/mol. The van der Waals surface area contributed by atoms with E-state index in [0.29, 0.717) is 0 Å². The second kappa shape index (κ2) is 10.7. The van der Waals surface area contributed by atoms with Gasteiger partial charge < -0.3 is 9.47 Å². The third-order valence-corrected chi connectivity index (χ3v) is 6.30. The predicted octanol–water partition coefficient (Wildman–Crippen LogP) is 7.69. The molecule has 0 N–H and O–H groups in total. The van der Waals surface area contributed by atoms with Crippen LogP contribution in [0, 0.1) is 41.8 Å². The van der Waals surface area contributed by atoms with E-state index in [9.17, 15) is 26.7 Å². The van der Waals surface area contributed by atoms with Crippen molar-refractivity contribution in [3.63, 3.8) is 0 Å². The fraction of sp³-hybridized carbons (Fsp3) is 0.250. The molecule has 0 radical (unpaired) electrons. The van der Waals surface area contributed by atoms with Gasteiger partial charge in [0.05, 0.1) is 6.61 Å². The molecule has 0 saturated carbocycles. The summed E-state index contributed by atoms with van der Waals surface area (Å²) in [7, 11) is 0. The Morgan fingerprint density at radius 1 is 0.811 bits per heavy atom. The molecule has 0 aliphatic heterocycles. The van der Waals surface area contributed by atoms with E-state index in [0.717, 1.165) is 18.2 Å². The van der Waals surface area contributed by atoms with Crippen molar-refractivity contribution in [2.45, 2.75) is 39.0 Å². The Balaban J connectivity index is 1.52. The van der Waals surface area contributed by atoms with E-state index >= 15 is 4.39 Å². The fourth-order valence-corrected chi connectivity index (χ4v) is 4.27. The zero-order chi connectivity index (χ0) is 26.9. The molecule has 1 aliphatic rings. The van der Waals surface area contributed by atoms with Crippen molar-refractivity contribution in [2.24, 2.45) is 0 Å². The largest absolute Gasteiger partial charge is 0.491 e. The smallest absolute Gasteiger partial charge is 0.339 e. The zero-order valence-corrected chi connectivity index (χ0v) is 19.9. The number of benzene rings is 3. The van der Waals surface area contributed by atoms with Crippen LogP contribution in [0.2, 0.25) is 0 Å². The second-order valence-corrected chi connectivity index (χ2v) is 8.60. The summed E-state index contributed by atoms with van der Waals surface area (Å²) >= 11 is 0. The van der Waals surface area contributed by atoms with E-state index < -0.39 is 63.7 Å². The van der Waals surface area contributed by atoms with E-state index in [4.69, 9.17) is 9.47 Å². The number of rotatable bonds is 6. The molecule has 0 fully saturated rings. The standard InChI is InChI=1S/C28H22F6O3/c1-3-36-20-13-11-19(25(32)26(20)33)18-10-9-17(23(30)24(18)31)15-5-7-16(8-6-15)28(35)37-21-12-4-14(2)22(29)27(21)34/h4,7,9-13,15H,3,5-6,8H2,1-2H3. The van der Waals surface area contributed by atoms with Crippen molar-refractivity contribution >= 4 is 5.97 Å². The second-order valence-electron chi connectivity index (χ2n) is 8.60. The highest BCUT2D eigenvalue weighted by atomic mass is 19.2. The molecule has 0 spiro atoms. The van der Waals surface area contributed by atoms with Crippen LogP contribution < -0.4 is 9.47 Å². The first-order valence-electron chi connectivity index (χ1n) is 11.6. The van der Waals surface area contributed by atoms with Gasteiger partial charge in [0, 0.05) is 16.7 Å². The van der Waals surface area contributed by atoms with Crippen LogP contribution in [0.4, 0.5) is 26.3 Å². The number of allylic oxidation sites excluding steroid dienone is 1. The lowest BCUT2D eigenvalue weighted by Crippen LogP contribution is -2.17. The summed E-state index contributed by atoms with van der Waals surface area (Å²) in [5, 5.41) is 0. The lowest BCUT2D eigenvalue weighted by atomic mass is 9.83. The lowest BCUT2D eigenvalue weighted by molar-refractivity contribution is -0.130. The van der Waals surface area contributed by atoms with Crippen LogP contribution in [0.25, 0.3) is 11.1 Å². The normalized spacial score (nSPS) is 15.4. The molecule has 9 heteroatoms. The van der Waals surface area contributed by atoms with E-state index in [2.05, 4.69) is 0 Å². The predicted molar refractivity (Wildman–Crippen MR) is 124 cm³/mol. The van der Waals surface area contributed by atoms with Crippen molar-refractivity contribution < 1.29 is 40.6 Å². The molecule has 194 valence electrons. The Bertz CT molecular complexity index is 1400. The minimum absolute atomic E-state index is 0.0170. The van der Waals surface area contributed by atoms with Gasteiger partial charge in [-0.1, -0.05) is 24.3 Å². The van der Waals surface area contributed by atoms with Gasteiger partial charge in [-0.2, -0.15) is 8.78 Å². The average Bonchev–Trinajstić information content (AvgIpc) is 2.89. The highest BCUT2D eigenvalue weighted by molar-refractivity contribution is 5.90. The van der Waals surface area contributed by atoms with Crippen molar-refractivity contribution in [3.8, 4) is 22.6 Å². The van der Waals surface area contributed by atoms with E-state index in [1.54, 1.807) is 6.92 Å². The molecule has 0 saturated heterocycles. The van der Waals surface area contributed by atoms with Gasteiger partial charge in [-0.25, -0.2) is 22.4 Å². The van der Waals surface area contributed by atoms with Crippen molar-refractivity contribution in [2.75, 3.05) is 6.61 Å². The topological polar surface area (TPSA) is 35.5 Å². The molecule has 0 bridgehead atoms. The van der Waals surface area contributed by atoms with Crippen molar-refractivity contribution in [3.05, 3.63) is 94.1 Å². The molecular weight excluding hydrogens is 498 g/mol. The molecular formula is C28H22F6O3. The summed E-state index contributed by atoms with van der Waals surface area (Å²) in [6.07, 6.45) is 2.00. The quantitative estimate of drug-likeness (QED) is 0.190. The summed E-state index contributed by atoms with van der Waals surface area (Å²) in [4.78, 5) is 12.4. The van der Waals surface area contributed by atoms with Gasteiger partial charge in [0.15, 0.2) is 34.8 Å². The van der Waals surface area contributed by atoms with Gasteiger partial charge in [0.1, 0.15) is 0 Å². The summed E-state index contributed by atoms with van der Waals surface area (Å²) in [6.45, 7) is 3.07. The number of ether oxygens (including phenoxy) is 2. The minimum atomic E-state index is -1.36. The lowest BCUT2D eigenvalue weighted by Gasteiger charge is -2.23. The molecule has 3 aromatic carbocycles. The van der Waals surface area contributed by atoms with Gasteiger partial charge in [-0.15, -0.1) is 0 Å². The third kappa shape index (κ3) is 5.08. The van der Waals surface area contributed by atoms with Crippen LogP contribution in [0.5, 0.6) is 11.5 Å². The molecule has 4 rings (SSSR count). The van der Waals surface area contributed by atoms with Gasteiger partial charge in [-0.05, 0) is 68.4 Å². The zero-order valence-electron chi connectivity index (χ0n) is 19.9. The Labute approximate surface area is 209 Å². The molecule has 0 aromatic heterocycles. The van der Waals surface area contributed by atoms with Gasteiger partial charge >= 0.3 is 5.97 Å². The summed E-state index contributed by atoms with van der Waals surface area (Å²) < 4.78 is 96.5. The fourth-order valence-electron chi connectivity index (χ4n) is 4.27. The number of esters is 1. The SMILES string of the molecule is CCOc1ccc(-c2ccc(C3CC=C(C(=O)Oc4ccc(C)c(F)c4F)CC3)c(F)c2F)c(F)c1F. The third-order valence-electron chi connectivity index (χ3n) is 6.30. The first kappa shape index (κ1) is 26.3. The Kier molecular flexibility index (Phi) is 7.61. The maximum absolute atomic E-state index is 15.0. The highest BCUT2D eigenvalue weighted by Crippen LogP contribution is 2.38. The van der Waals surface area contributed by atoms with Crippen molar-refractivity contribution in [1.29, 1.82) is 0 Å². The molecule has 0 heterocycles. The summed E-state index contributed by atoms with van der Waals surface area (Å²) in [5.74, 6) is -9.82. The van der Waals surface area contributed by atoms with Crippen molar-refractivity contribution in [1.82, 2.24) is 0 Å². The van der Waals surface area contributed by atoms with Crippen LogP contribution in [-0.4, -0.2) is 12.6 Å². The van der Waals surface area contributed by atoms with Crippen LogP contribution in [0.1, 0.15) is 43.2 Å². The van der Waals surface area contributed by atoms with Crippen LogP contribution in [0.3, 0.4) is 0 Å². The van der Waals surface area contributed by atoms with Gasteiger partial charge in [0.25, 0.3) is 0 Å². The number of aryl methyl sites for hydroxylation is 1. The molecule has 3 nitrogen and oxygen atoms in total. The summed E-state index contributed by atoms with van der Waals surface area (Å²) in [5.41, 5.74) is -0.613. The molecule has 1 aliphatic carbocycles. The van der Waals surface area contributed by atoms with E-state index in [1.165, 1.54) is 31.2 Å². The number of halogens is 6. The first-order chi connectivity index (χ1) is 17.6. The number of carbonyl (C=O) groups excluding carboxylic acids is 1. The van der Waals surface area contributed by atoms with Crippen LogP contribution >= 0.6 is 0 Å². The van der Waals surface area contributed by atoms with Gasteiger partial charge in [0.2, 0.25) is 11.6 Å². The minimum Gasteiger partial charge on any atom is -0.491 e. The monoisotopic (exact) mass is 520 g/mol. The maximum Gasteiger partial charge on any atom is 0.339 e. The maximum atomic E-state index is 15.0. The summed E-state index contributed by atoms with van der Waals surface area (Å²) in [6, 6.07) is 7.16. The molecule has 37 heavy (non-hydrogen) atoms. The number of hydrogen-bond acceptors (Lipinski definition) is 3. The Morgan fingerprint density at radius 3 is 2.08 bits per heavy atom. The van der Waals surface area contributed by atoms with Crippen LogP contribution in [0.15, 0.2) is 48.0 Å². The van der Waals surface area contributed by atoms with Crippen LogP contribution in [-0.2, 0) is 4.79 Å². The first-order valence-corrected chi connectivity index (χ1v) is 11.6. The number of carbonyl (C=O) groups is 1.